The molecule has 0 saturated carbocycles. The number of amides is 3. The highest BCUT2D eigenvalue weighted by Gasteiger charge is 2.21. The second kappa shape index (κ2) is 6.80. The molecule has 1 rings (SSSR count). The van der Waals surface area contributed by atoms with Crippen LogP contribution in [0.2, 0.25) is 0 Å². The van der Waals surface area contributed by atoms with Crippen molar-refractivity contribution in [2.75, 3.05) is 26.2 Å². The average Bonchev–Trinajstić information content (AvgIpc) is 2.86. The molecule has 1 saturated heterocycles. The van der Waals surface area contributed by atoms with E-state index in [1.807, 2.05) is 5.32 Å². The maximum atomic E-state index is 11.6. The van der Waals surface area contributed by atoms with Gasteiger partial charge in [0.2, 0.25) is 5.91 Å². The van der Waals surface area contributed by atoms with Gasteiger partial charge in [-0.2, -0.15) is 0 Å². The second-order valence-electron chi connectivity index (χ2n) is 3.99. The van der Waals surface area contributed by atoms with Crippen LogP contribution in [0.5, 0.6) is 0 Å². The number of nitrogens with one attached hydrogen (secondary N) is 2. The predicted molar refractivity (Wildman–Crippen MR) is 60.9 cm³/mol. The first-order chi connectivity index (χ1) is 8.54. The Hall–Kier alpha value is -1.83. The number of carbonyl (C=O) groups excluding carboxylic acids is 2. The van der Waals surface area contributed by atoms with E-state index in [9.17, 15) is 14.4 Å². The van der Waals surface area contributed by atoms with Crippen molar-refractivity contribution in [3.8, 4) is 0 Å². The molecule has 102 valence electrons. The molecule has 0 radical (unpaired) electrons. The second-order valence-corrected chi connectivity index (χ2v) is 3.99. The van der Waals surface area contributed by atoms with E-state index >= 15 is 0 Å². The number of carbonyl (C=O) groups is 3. The molecule has 0 aromatic carbocycles. The molecule has 4 N–H and O–H groups in total. The Balaban J connectivity index is 2.27. The zero-order valence-corrected chi connectivity index (χ0v) is 9.89. The monoisotopic (exact) mass is 259 g/mol. The lowest BCUT2D eigenvalue weighted by Crippen LogP contribution is -2.50. The molecule has 1 fully saturated rings. The molecule has 0 aromatic rings. The van der Waals surface area contributed by atoms with Crippen molar-refractivity contribution in [3.63, 3.8) is 0 Å². The largest absolute Gasteiger partial charge is 0.480 e. The van der Waals surface area contributed by atoms with Crippen LogP contribution in [0.25, 0.3) is 0 Å². The van der Waals surface area contributed by atoms with Gasteiger partial charge in [-0.1, -0.05) is 0 Å². The van der Waals surface area contributed by atoms with Crippen molar-refractivity contribution >= 4 is 17.9 Å². The molecule has 1 atom stereocenters. The Bertz CT molecular complexity index is 327. The van der Waals surface area contributed by atoms with Crippen molar-refractivity contribution in [1.29, 1.82) is 0 Å². The highest BCUT2D eigenvalue weighted by molar-refractivity contribution is 5.86. The summed E-state index contributed by atoms with van der Waals surface area (Å²) in [6.07, 6.45) is 1.92. The van der Waals surface area contributed by atoms with E-state index in [0.29, 0.717) is 13.1 Å². The first-order valence-electron chi connectivity index (χ1n) is 5.70. The first-order valence-corrected chi connectivity index (χ1v) is 5.70. The van der Waals surface area contributed by atoms with E-state index in [0.717, 1.165) is 12.8 Å². The van der Waals surface area contributed by atoms with Crippen molar-refractivity contribution < 1.29 is 24.6 Å². The quantitative estimate of drug-likeness (QED) is 0.472. The van der Waals surface area contributed by atoms with E-state index in [1.54, 1.807) is 4.90 Å². The average molecular weight is 259 g/mol. The SMILES string of the molecule is O=C(NCC(=O)N1CCCC1)N[C@H](CO)C(=O)O. The van der Waals surface area contributed by atoms with Crippen LogP contribution in [-0.4, -0.2) is 65.3 Å². The molecule has 0 unspecified atom stereocenters. The van der Waals surface area contributed by atoms with E-state index in [1.165, 1.54) is 0 Å². The van der Waals surface area contributed by atoms with Crippen LogP contribution >= 0.6 is 0 Å². The van der Waals surface area contributed by atoms with Gasteiger partial charge >= 0.3 is 12.0 Å². The summed E-state index contributed by atoms with van der Waals surface area (Å²) in [6, 6.07) is -2.16. The number of rotatable bonds is 5. The smallest absolute Gasteiger partial charge is 0.328 e. The Morgan fingerprint density at radius 1 is 1.22 bits per heavy atom. The number of aliphatic hydroxyl groups excluding tert-OH is 1. The van der Waals surface area contributed by atoms with Crippen LogP contribution in [0.3, 0.4) is 0 Å². The maximum absolute atomic E-state index is 11.6. The summed E-state index contributed by atoms with van der Waals surface area (Å²) in [5.41, 5.74) is 0. The third kappa shape index (κ3) is 4.21. The van der Waals surface area contributed by atoms with Gasteiger partial charge in [0.1, 0.15) is 0 Å². The summed E-state index contributed by atoms with van der Waals surface area (Å²) < 4.78 is 0. The number of carboxylic acids is 1. The lowest BCUT2D eigenvalue weighted by atomic mass is 10.3. The minimum absolute atomic E-state index is 0.177. The summed E-state index contributed by atoms with van der Waals surface area (Å²) in [7, 11) is 0. The minimum atomic E-state index is -1.37. The summed E-state index contributed by atoms with van der Waals surface area (Å²) >= 11 is 0. The predicted octanol–water partition coefficient (Wildman–Crippen LogP) is -1.65. The zero-order valence-electron chi connectivity index (χ0n) is 9.89. The van der Waals surface area contributed by atoms with E-state index in [2.05, 4.69) is 5.32 Å². The van der Waals surface area contributed by atoms with Crippen LogP contribution in [0.15, 0.2) is 0 Å². The van der Waals surface area contributed by atoms with Crippen LogP contribution in [-0.2, 0) is 9.59 Å². The van der Waals surface area contributed by atoms with Crippen LogP contribution < -0.4 is 10.6 Å². The van der Waals surface area contributed by atoms with Gasteiger partial charge in [0.25, 0.3) is 0 Å². The van der Waals surface area contributed by atoms with Gasteiger partial charge in [0, 0.05) is 13.1 Å². The summed E-state index contributed by atoms with van der Waals surface area (Å²) in [5.74, 6) is -1.53. The molecule has 1 heterocycles. The lowest BCUT2D eigenvalue weighted by molar-refractivity contribution is -0.140. The lowest BCUT2D eigenvalue weighted by Gasteiger charge is -2.16. The third-order valence-electron chi connectivity index (χ3n) is 2.64. The Kier molecular flexibility index (Phi) is 5.37. The highest BCUT2D eigenvalue weighted by Crippen LogP contribution is 2.06. The third-order valence-corrected chi connectivity index (χ3v) is 2.64. The Morgan fingerprint density at radius 3 is 2.33 bits per heavy atom. The van der Waals surface area contributed by atoms with Crippen molar-refractivity contribution in [2.45, 2.75) is 18.9 Å². The molecule has 3 amide bonds. The van der Waals surface area contributed by atoms with Crippen molar-refractivity contribution in [2.24, 2.45) is 0 Å². The van der Waals surface area contributed by atoms with Crippen LogP contribution in [0.4, 0.5) is 4.79 Å². The molecule has 0 bridgehead atoms. The molecule has 0 aromatic heterocycles. The molecular formula is C10H17N3O5. The van der Waals surface area contributed by atoms with E-state index in [-0.39, 0.29) is 12.5 Å². The van der Waals surface area contributed by atoms with Gasteiger partial charge in [-0.05, 0) is 12.8 Å². The summed E-state index contributed by atoms with van der Waals surface area (Å²) in [5, 5.41) is 21.6. The standard InChI is InChI=1S/C10H17N3O5/c14-6-7(9(16)17)12-10(18)11-5-8(15)13-3-1-2-4-13/h7,14H,1-6H2,(H,16,17)(H2,11,12,18)/t7-/m1/s1. The van der Waals surface area contributed by atoms with Gasteiger partial charge in [-0.3, -0.25) is 4.79 Å². The zero-order chi connectivity index (χ0) is 13.5. The Labute approximate surface area is 104 Å². The van der Waals surface area contributed by atoms with Gasteiger partial charge < -0.3 is 25.7 Å². The number of carboxylic acid groups (broad SMARTS) is 1. The fourth-order valence-electron chi connectivity index (χ4n) is 1.63. The molecule has 1 aliphatic heterocycles. The number of urea groups is 1. The van der Waals surface area contributed by atoms with Crippen LogP contribution in [0, 0.1) is 0 Å². The number of hydrogen-bond acceptors (Lipinski definition) is 4. The summed E-state index contributed by atoms with van der Waals surface area (Å²) in [6.45, 7) is 0.499. The van der Waals surface area contributed by atoms with E-state index < -0.39 is 24.6 Å². The summed E-state index contributed by atoms with van der Waals surface area (Å²) in [4.78, 5) is 35.0. The number of hydrogen-bond donors (Lipinski definition) is 4. The van der Waals surface area contributed by atoms with Gasteiger partial charge in [0.15, 0.2) is 6.04 Å². The molecular weight excluding hydrogens is 242 g/mol. The topological polar surface area (TPSA) is 119 Å². The molecule has 1 aliphatic rings. The molecule has 18 heavy (non-hydrogen) atoms. The number of nitrogens with zero attached hydrogens (tertiary/aromatic N) is 1. The van der Waals surface area contributed by atoms with Crippen molar-refractivity contribution in [3.05, 3.63) is 0 Å². The van der Waals surface area contributed by atoms with Crippen LogP contribution in [0.1, 0.15) is 12.8 Å². The van der Waals surface area contributed by atoms with Crippen molar-refractivity contribution in [1.82, 2.24) is 15.5 Å². The fraction of sp³-hybridized carbons (Fsp3) is 0.700. The van der Waals surface area contributed by atoms with Gasteiger partial charge in [-0.25, -0.2) is 9.59 Å². The maximum Gasteiger partial charge on any atom is 0.328 e. The fourth-order valence-corrected chi connectivity index (χ4v) is 1.63. The Morgan fingerprint density at radius 2 is 1.83 bits per heavy atom. The highest BCUT2D eigenvalue weighted by atomic mass is 16.4. The number of aliphatic hydroxyl groups is 1. The van der Waals surface area contributed by atoms with Gasteiger partial charge in [0.05, 0.1) is 13.2 Å². The minimum Gasteiger partial charge on any atom is -0.480 e. The van der Waals surface area contributed by atoms with Gasteiger partial charge in [-0.15, -0.1) is 0 Å². The molecule has 8 heteroatoms. The first kappa shape index (κ1) is 14.2. The molecule has 0 aliphatic carbocycles. The van der Waals surface area contributed by atoms with E-state index in [4.69, 9.17) is 10.2 Å². The number of likely N-dealkylation sites (tertiary alicyclic amines) is 1. The normalized spacial score (nSPS) is 16.2. The molecule has 8 nitrogen and oxygen atoms in total. The number of aliphatic carboxylic acids is 1. The molecule has 0 spiro atoms.